The van der Waals surface area contributed by atoms with E-state index in [4.69, 9.17) is 0 Å². The SMILES string of the molecule is CCCCC(=O)N1CCN(c2ccc(NCc3ccccc3)nn2)CC1. The molecule has 0 bridgehead atoms. The molecule has 0 atom stereocenters. The van der Waals surface area contributed by atoms with Gasteiger partial charge in [-0.3, -0.25) is 4.79 Å². The first-order valence-corrected chi connectivity index (χ1v) is 9.40. The molecule has 2 heterocycles. The number of carbonyl (C=O) groups excluding carboxylic acids is 1. The molecule has 6 nitrogen and oxygen atoms in total. The number of aromatic nitrogens is 2. The van der Waals surface area contributed by atoms with Crippen molar-refractivity contribution in [2.45, 2.75) is 32.7 Å². The standard InChI is InChI=1S/C20H27N5O/c1-2-3-9-20(26)25-14-12-24(13-15-25)19-11-10-18(22-23-19)21-16-17-7-5-4-6-8-17/h4-8,10-11H,2-3,9,12-16H2,1H3,(H,21,22). The minimum atomic E-state index is 0.276. The van der Waals surface area contributed by atoms with Gasteiger partial charge in [-0.15, -0.1) is 10.2 Å². The summed E-state index contributed by atoms with van der Waals surface area (Å²) in [5.41, 5.74) is 1.21. The Labute approximate surface area is 155 Å². The number of piperazine rings is 1. The van der Waals surface area contributed by atoms with Gasteiger partial charge in [-0.05, 0) is 24.1 Å². The van der Waals surface area contributed by atoms with Crippen LogP contribution in [0.25, 0.3) is 0 Å². The fraction of sp³-hybridized carbons (Fsp3) is 0.450. The van der Waals surface area contributed by atoms with Crippen LogP contribution >= 0.6 is 0 Å². The van der Waals surface area contributed by atoms with Gasteiger partial charge < -0.3 is 15.1 Å². The predicted molar refractivity (Wildman–Crippen MR) is 104 cm³/mol. The monoisotopic (exact) mass is 353 g/mol. The summed E-state index contributed by atoms with van der Waals surface area (Å²) in [6, 6.07) is 14.2. The molecule has 1 aliphatic heterocycles. The molecule has 0 aliphatic carbocycles. The van der Waals surface area contributed by atoms with Crippen molar-refractivity contribution in [2.24, 2.45) is 0 Å². The topological polar surface area (TPSA) is 61.4 Å². The smallest absolute Gasteiger partial charge is 0.222 e. The fourth-order valence-electron chi connectivity index (χ4n) is 3.05. The summed E-state index contributed by atoms with van der Waals surface area (Å²) in [6.07, 6.45) is 2.70. The van der Waals surface area contributed by atoms with E-state index in [0.29, 0.717) is 6.42 Å². The molecule has 1 fully saturated rings. The lowest BCUT2D eigenvalue weighted by molar-refractivity contribution is -0.131. The van der Waals surface area contributed by atoms with Crippen LogP contribution in [0.1, 0.15) is 31.7 Å². The zero-order valence-corrected chi connectivity index (χ0v) is 15.4. The molecule has 1 aromatic carbocycles. The van der Waals surface area contributed by atoms with Crippen LogP contribution in [0.3, 0.4) is 0 Å². The number of nitrogens with zero attached hydrogens (tertiary/aromatic N) is 4. The first kappa shape index (κ1) is 18.2. The average molecular weight is 353 g/mol. The van der Waals surface area contributed by atoms with E-state index < -0.39 is 0 Å². The summed E-state index contributed by atoms with van der Waals surface area (Å²) in [5, 5.41) is 11.9. The molecule has 0 unspecified atom stereocenters. The maximum Gasteiger partial charge on any atom is 0.222 e. The van der Waals surface area contributed by atoms with Crippen LogP contribution in [0.15, 0.2) is 42.5 Å². The van der Waals surface area contributed by atoms with Gasteiger partial charge in [0.25, 0.3) is 0 Å². The number of anilines is 2. The molecule has 3 rings (SSSR count). The van der Waals surface area contributed by atoms with Gasteiger partial charge in [-0.1, -0.05) is 43.7 Å². The van der Waals surface area contributed by atoms with Crippen molar-refractivity contribution in [1.82, 2.24) is 15.1 Å². The molecular formula is C20H27N5O. The third kappa shape index (κ3) is 4.94. The highest BCUT2D eigenvalue weighted by atomic mass is 16.2. The quantitative estimate of drug-likeness (QED) is 0.829. The molecule has 1 N–H and O–H groups in total. The minimum absolute atomic E-state index is 0.276. The Hall–Kier alpha value is -2.63. The zero-order valence-electron chi connectivity index (χ0n) is 15.4. The first-order chi connectivity index (χ1) is 12.8. The lowest BCUT2D eigenvalue weighted by Crippen LogP contribution is -2.49. The second kappa shape index (κ2) is 9.17. The summed E-state index contributed by atoms with van der Waals surface area (Å²) < 4.78 is 0. The number of carbonyl (C=O) groups is 1. The molecule has 1 aromatic heterocycles. The molecule has 138 valence electrons. The van der Waals surface area contributed by atoms with Gasteiger partial charge in [-0.2, -0.15) is 0 Å². The Balaban J connectivity index is 1.48. The third-order valence-electron chi connectivity index (χ3n) is 4.67. The van der Waals surface area contributed by atoms with Gasteiger partial charge in [0.2, 0.25) is 5.91 Å². The minimum Gasteiger partial charge on any atom is -0.365 e. The highest BCUT2D eigenvalue weighted by Gasteiger charge is 2.21. The van der Waals surface area contributed by atoms with E-state index >= 15 is 0 Å². The molecule has 0 saturated carbocycles. The van der Waals surface area contributed by atoms with Crippen LogP contribution in [-0.4, -0.2) is 47.2 Å². The van der Waals surface area contributed by atoms with Crippen molar-refractivity contribution in [1.29, 1.82) is 0 Å². The van der Waals surface area contributed by atoms with Crippen LogP contribution in [0, 0.1) is 0 Å². The number of rotatable bonds is 7. The van der Waals surface area contributed by atoms with Crippen LogP contribution in [-0.2, 0) is 11.3 Å². The highest BCUT2D eigenvalue weighted by Crippen LogP contribution is 2.15. The number of amides is 1. The van der Waals surface area contributed by atoms with E-state index in [2.05, 4.69) is 39.5 Å². The van der Waals surface area contributed by atoms with Gasteiger partial charge in [0.1, 0.15) is 5.82 Å². The van der Waals surface area contributed by atoms with Gasteiger partial charge in [0.15, 0.2) is 5.82 Å². The fourth-order valence-corrected chi connectivity index (χ4v) is 3.05. The molecule has 26 heavy (non-hydrogen) atoms. The summed E-state index contributed by atoms with van der Waals surface area (Å²) >= 11 is 0. The first-order valence-electron chi connectivity index (χ1n) is 9.40. The molecule has 0 spiro atoms. The van der Waals surface area contributed by atoms with Gasteiger partial charge in [0, 0.05) is 39.1 Å². The van der Waals surface area contributed by atoms with Crippen molar-refractivity contribution in [3.8, 4) is 0 Å². The van der Waals surface area contributed by atoms with E-state index in [1.54, 1.807) is 0 Å². The molecule has 1 aliphatic rings. The number of unbranched alkanes of at least 4 members (excludes halogenated alkanes) is 1. The van der Waals surface area contributed by atoms with Crippen molar-refractivity contribution in [2.75, 3.05) is 36.4 Å². The number of nitrogens with one attached hydrogen (secondary N) is 1. The largest absolute Gasteiger partial charge is 0.365 e. The van der Waals surface area contributed by atoms with E-state index in [1.165, 1.54) is 5.56 Å². The summed E-state index contributed by atoms with van der Waals surface area (Å²) in [4.78, 5) is 16.3. The molecule has 2 aromatic rings. The summed E-state index contributed by atoms with van der Waals surface area (Å²) in [5.74, 6) is 1.92. The Morgan fingerprint density at radius 1 is 1.04 bits per heavy atom. The zero-order chi connectivity index (χ0) is 18.2. The van der Waals surface area contributed by atoms with Gasteiger partial charge >= 0.3 is 0 Å². The second-order valence-corrected chi connectivity index (χ2v) is 6.59. The maximum atomic E-state index is 12.1. The van der Waals surface area contributed by atoms with Crippen LogP contribution in [0.4, 0.5) is 11.6 Å². The molecule has 1 amide bonds. The third-order valence-corrected chi connectivity index (χ3v) is 4.67. The Morgan fingerprint density at radius 3 is 2.46 bits per heavy atom. The van der Waals surface area contributed by atoms with Crippen molar-refractivity contribution >= 4 is 17.5 Å². The molecular weight excluding hydrogens is 326 g/mol. The lowest BCUT2D eigenvalue weighted by Gasteiger charge is -2.35. The second-order valence-electron chi connectivity index (χ2n) is 6.59. The maximum absolute atomic E-state index is 12.1. The molecule has 1 saturated heterocycles. The van der Waals surface area contributed by atoms with Crippen LogP contribution < -0.4 is 10.2 Å². The highest BCUT2D eigenvalue weighted by molar-refractivity contribution is 5.76. The Bertz CT molecular complexity index is 681. The molecule has 6 heteroatoms. The summed E-state index contributed by atoms with van der Waals surface area (Å²) in [6.45, 7) is 5.98. The van der Waals surface area contributed by atoms with Crippen LogP contribution in [0.2, 0.25) is 0 Å². The van der Waals surface area contributed by atoms with Crippen molar-refractivity contribution in [3.05, 3.63) is 48.0 Å². The lowest BCUT2D eigenvalue weighted by atomic mass is 10.2. The van der Waals surface area contributed by atoms with E-state index in [-0.39, 0.29) is 5.91 Å². The van der Waals surface area contributed by atoms with E-state index in [9.17, 15) is 4.79 Å². The van der Waals surface area contributed by atoms with Crippen molar-refractivity contribution < 1.29 is 4.79 Å². The number of hydrogen-bond donors (Lipinski definition) is 1. The predicted octanol–water partition coefficient (Wildman–Crippen LogP) is 2.93. The van der Waals surface area contributed by atoms with Crippen molar-refractivity contribution in [3.63, 3.8) is 0 Å². The number of benzene rings is 1. The van der Waals surface area contributed by atoms with Gasteiger partial charge in [0.05, 0.1) is 0 Å². The van der Waals surface area contributed by atoms with E-state index in [0.717, 1.165) is 57.2 Å². The summed E-state index contributed by atoms with van der Waals surface area (Å²) in [7, 11) is 0. The van der Waals surface area contributed by atoms with E-state index in [1.807, 2.05) is 35.2 Å². The van der Waals surface area contributed by atoms with Crippen LogP contribution in [0.5, 0.6) is 0 Å². The molecule has 0 radical (unpaired) electrons. The Morgan fingerprint density at radius 2 is 1.81 bits per heavy atom. The normalized spacial score (nSPS) is 14.3. The Kier molecular flexibility index (Phi) is 6.41. The van der Waals surface area contributed by atoms with Gasteiger partial charge in [-0.25, -0.2) is 0 Å². The number of hydrogen-bond acceptors (Lipinski definition) is 5. The average Bonchev–Trinajstić information content (AvgIpc) is 2.72.